The molecule has 45 heavy (non-hydrogen) atoms. The van der Waals surface area contributed by atoms with Crippen LogP contribution in [0.15, 0.2) is 95.9 Å². The highest BCUT2D eigenvalue weighted by atomic mass is 32.2. The van der Waals surface area contributed by atoms with E-state index in [4.69, 9.17) is 0 Å². The third-order valence-corrected chi connectivity index (χ3v) is 8.93. The minimum absolute atomic E-state index is 0.180. The van der Waals surface area contributed by atoms with Crippen LogP contribution in [-0.2, 0) is 11.2 Å². The number of fused-ring (bicyclic) bond motifs is 1. The van der Waals surface area contributed by atoms with Gasteiger partial charge in [0.05, 0.1) is 23.2 Å². The Morgan fingerprint density at radius 3 is 2.44 bits per heavy atom. The zero-order valence-electron chi connectivity index (χ0n) is 25.9. The Morgan fingerprint density at radius 2 is 1.67 bits per heavy atom. The summed E-state index contributed by atoms with van der Waals surface area (Å²) in [5.41, 5.74) is 2.15. The fourth-order valence-electron chi connectivity index (χ4n) is 5.52. The quantitative estimate of drug-likeness (QED) is 0.208. The van der Waals surface area contributed by atoms with Gasteiger partial charge < -0.3 is 20.6 Å². The van der Waals surface area contributed by atoms with Gasteiger partial charge >= 0.3 is 0 Å². The summed E-state index contributed by atoms with van der Waals surface area (Å²) in [5.74, 6) is -0.497. The molecule has 0 unspecified atom stereocenters. The summed E-state index contributed by atoms with van der Waals surface area (Å²) in [6.07, 6.45) is 0.718. The van der Waals surface area contributed by atoms with Crippen LogP contribution in [0.1, 0.15) is 60.0 Å². The molecular weight excluding hydrogens is 584 g/mol. The predicted octanol–water partition coefficient (Wildman–Crippen LogP) is 5.25. The normalized spacial score (nSPS) is 16.3. The number of hydrogen-bond donors (Lipinski definition) is 3. The van der Waals surface area contributed by atoms with Crippen LogP contribution in [0.25, 0.3) is 10.9 Å². The average molecular weight is 625 g/mol. The summed E-state index contributed by atoms with van der Waals surface area (Å²) in [6, 6.07) is 26.9. The van der Waals surface area contributed by atoms with Crippen LogP contribution in [-0.4, -0.2) is 68.7 Å². The Hall–Kier alpha value is -4.21. The van der Waals surface area contributed by atoms with Crippen molar-refractivity contribution in [1.29, 1.82) is 0 Å². The van der Waals surface area contributed by atoms with E-state index in [-0.39, 0.29) is 29.0 Å². The molecule has 234 valence electrons. The first-order valence-corrected chi connectivity index (χ1v) is 16.3. The van der Waals surface area contributed by atoms with Gasteiger partial charge in [0.2, 0.25) is 5.91 Å². The van der Waals surface area contributed by atoms with Crippen LogP contribution in [0.2, 0.25) is 0 Å². The molecule has 3 amide bonds. The number of benzene rings is 3. The summed E-state index contributed by atoms with van der Waals surface area (Å²) in [7, 11) is 0. The van der Waals surface area contributed by atoms with Gasteiger partial charge in [-0.1, -0.05) is 66.7 Å². The molecule has 0 radical (unpaired) electrons. The molecule has 0 aliphatic carbocycles. The van der Waals surface area contributed by atoms with E-state index < -0.39 is 18.2 Å². The molecule has 1 saturated heterocycles. The lowest BCUT2D eigenvalue weighted by Crippen LogP contribution is -2.53. The Kier molecular flexibility index (Phi) is 10.2. The van der Waals surface area contributed by atoms with Crippen LogP contribution >= 0.6 is 11.8 Å². The second-order valence-corrected chi connectivity index (χ2v) is 13.5. The third-order valence-electron chi connectivity index (χ3n) is 7.75. The lowest BCUT2D eigenvalue weighted by Gasteiger charge is -2.29. The van der Waals surface area contributed by atoms with Crippen molar-refractivity contribution in [2.45, 2.75) is 68.7 Å². The number of carbonyl (C=O) groups is 3. The molecule has 9 heteroatoms. The van der Waals surface area contributed by atoms with Crippen LogP contribution in [0.5, 0.6) is 0 Å². The van der Waals surface area contributed by atoms with E-state index in [9.17, 15) is 19.5 Å². The van der Waals surface area contributed by atoms with Crippen molar-refractivity contribution in [2.75, 3.05) is 12.3 Å². The second kappa shape index (κ2) is 14.3. The molecule has 8 nitrogen and oxygen atoms in total. The maximum Gasteiger partial charge on any atom is 0.273 e. The van der Waals surface area contributed by atoms with Crippen molar-refractivity contribution >= 4 is 40.4 Å². The van der Waals surface area contributed by atoms with E-state index in [1.54, 1.807) is 17.0 Å². The van der Waals surface area contributed by atoms with Crippen molar-refractivity contribution in [3.63, 3.8) is 0 Å². The van der Waals surface area contributed by atoms with Gasteiger partial charge in [0.25, 0.3) is 11.8 Å². The van der Waals surface area contributed by atoms with Crippen molar-refractivity contribution in [3.05, 3.63) is 108 Å². The summed E-state index contributed by atoms with van der Waals surface area (Å²) < 4.78 is 0. The average Bonchev–Trinajstić information content (AvgIpc) is 3.53. The zero-order chi connectivity index (χ0) is 32.0. The number of hydrogen-bond acceptors (Lipinski definition) is 6. The van der Waals surface area contributed by atoms with Gasteiger partial charge in [-0.25, -0.2) is 4.98 Å². The second-order valence-electron chi connectivity index (χ2n) is 12.4. The van der Waals surface area contributed by atoms with E-state index in [2.05, 4.69) is 15.6 Å². The molecular formula is C36H40N4O4S. The minimum Gasteiger partial charge on any atom is -0.390 e. The molecule has 4 aromatic rings. The van der Waals surface area contributed by atoms with Gasteiger partial charge in [-0.3, -0.25) is 14.4 Å². The standard InChI is InChI=1S/C36H40N4O4S/c1-36(2,3)39-33(42)26-15-8-10-18-32(26)45-23-31(41)29(22-24-12-5-4-6-13-24)38-34(43)30-17-11-21-40(30)35(44)28-20-19-25-14-7-9-16-27(25)37-28/h4-10,12-16,18-20,29-31,41H,11,17,21-23H2,1-3H3,(H,38,43)(H,39,42)/t29-,30-,31-/m0/s1. The topological polar surface area (TPSA) is 112 Å². The molecule has 3 N–H and O–H groups in total. The molecule has 2 heterocycles. The maximum atomic E-state index is 13.8. The van der Waals surface area contributed by atoms with Gasteiger partial charge in [0.1, 0.15) is 11.7 Å². The highest BCUT2D eigenvalue weighted by molar-refractivity contribution is 7.99. The summed E-state index contributed by atoms with van der Waals surface area (Å²) in [4.78, 5) is 47.2. The summed E-state index contributed by atoms with van der Waals surface area (Å²) in [6.45, 7) is 6.25. The third kappa shape index (κ3) is 8.29. The lowest BCUT2D eigenvalue weighted by molar-refractivity contribution is -0.126. The van der Waals surface area contributed by atoms with E-state index in [1.807, 2.05) is 99.6 Å². The molecule has 0 bridgehead atoms. The van der Waals surface area contributed by atoms with Gasteiger partial charge in [-0.15, -0.1) is 11.8 Å². The number of pyridine rings is 1. The van der Waals surface area contributed by atoms with Gasteiger partial charge in [-0.05, 0) is 69.9 Å². The van der Waals surface area contributed by atoms with Gasteiger partial charge in [0, 0.05) is 28.1 Å². The first-order chi connectivity index (χ1) is 21.6. The number of nitrogens with one attached hydrogen (secondary N) is 2. The van der Waals surface area contributed by atoms with Crippen molar-refractivity contribution in [3.8, 4) is 0 Å². The number of thioether (sulfide) groups is 1. The lowest BCUT2D eigenvalue weighted by atomic mass is 10.0. The molecule has 5 rings (SSSR count). The first kappa shape index (κ1) is 32.2. The number of aliphatic hydroxyl groups is 1. The Balaban J connectivity index is 1.30. The molecule has 1 aliphatic heterocycles. The largest absolute Gasteiger partial charge is 0.390 e. The highest BCUT2D eigenvalue weighted by Gasteiger charge is 2.37. The Labute approximate surface area is 268 Å². The summed E-state index contributed by atoms with van der Waals surface area (Å²) >= 11 is 1.38. The molecule has 3 aromatic carbocycles. The number of carbonyl (C=O) groups excluding carboxylic acids is 3. The Bertz CT molecular complexity index is 1660. The molecule has 1 fully saturated rings. The summed E-state index contributed by atoms with van der Waals surface area (Å²) in [5, 5.41) is 18.5. The van der Waals surface area contributed by atoms with E-state index in [0.29, 0.717) is 37.1 Å². The fourth-order valence-corrected chi connectivity index (χ4v) is 6.60. The maximum absolute atomic E-state index is 13.8. The van der Waals surface area contributed by atoms with Crippen molar-refractivity contribution in [1.82, 2.24) is 20.5 Å². The predicted molar refractivity (Wildman–Crippen MR) is 178 cm³/mol. The molecule has 0 spiro atoms. The number of likely N-dealkylation sites (tertiary alicyclic amines) is 1. The molecule has 0 saturated carbocycles. The van der Waals surface area contributed by atoms with E-state index in [0.717, 1.165) is 21.4 Å². The smallest absolute Gasteiger partial charge is 0.273 e. The van der Waals surface area contributed by atoms with Gasteiger partial charge in [0.15, 0.2) is 0 Å². The number of aromatic nitrogens is 1. The van der Waals surface area contributed by atoms with E-state index >= 15 is 0 Å². The monoisotopic (exact) mass is 624 g/mol. The zero-order valence-corrected chi connectivity index (χ0v) is 26.7. The molecule has 1 aliphatic rings. The SMILES string of the molecule is CC(C)(C)NC(=O)c1ccccc1SC[C@H](O)[C@H](Cc1ccccc1)NC(=O)[C@@H]1CCCN1C(=O)c1ccc2ccccc2n1. The Morgan fingerprint density at radius 1 is 0.956 bits per heavy atom. The van der Waals surface area contributed by atoms with Crippen molar-refractivity contribution in [2.24, 2.45) is 0 Å². The van der Waals surface area contributed by atoms with E-state index in [1.165, 1.54) is 11.8 Å². The molecule has 1 aromatic heterocycles. The number of aliphatic hydroxyl groups excluding tert-OH is 1. The van der Waals surface area contributed by atoms with Crippen LogP contribution in [0.4, 0.5) is 0 Å². The van der Waals surface area contributed by atoms with Crippen LogP contribution in [0, 0.1) is 0 Å². The molecule has 3 atom stereocenters. The minimum atomic E-state index is -0.925. The number of amides is 3. The van der Waals surface area contributed by atoms with Crippen molar-refractivity contribution < 1.29 is 19.5 Å². The van der Waals surface area contributed by atoms with Crippen LogP contribution in [0.3, 0.4) is 0 Å². The highest BCUT2D eigenvalue weighted by Crippen LogP contribution is 2.26. The first-order valence-electron chi connectivity index (χ1n) is 15.3. The fraction of sp³-hybridized carbons (Fsp3) is 0.333. The van der Waals surface area contributed by atoms with Gasteiger partial charge in [-0.2, -0.15) is 0 Å². The van der Waals surface area contributed by atoms with Crippen LogP contribution < -0.4 is 10.6 Å². The number of nitrogens with zero attached hydrogens (tertiary/aromatic N) is 2. The number of rotatable bonds is 10. The number of para-hydroxylation sites is 1.